The van der Waals surface area contributed by atoms with Gasteiger partial charge < -0.3 is 19.9 Å². The molecule has 6 heteroatoms. The van der Waals surface area contributed by atoms with Crippen LogP contribution in [0.5, 0.6) is 0 Å². The first kappa shape index (κ1) is 23.6. The molecule has 1 saturated heterocycles. The number of hydrogen-bond acceptors (Lipinski definition) is 3. The van der Waals surface area contributed by atoms with Crippen LogP contribution in [0.1, 0.15) is 28.4 Å². The SMILES string of the molecule is CN=C(NCc1ccc(CN(C)C)cc1)N1CCOC(c2ccccc2C)C1.I. The number of morpholine rings is 1. The zero-order valence-corrected chi connectivity index (χ0v) is 20.2. The molecule has 0 radical (unpaired) electrons. The summed E-state index contributed by atoms with van der Waals surface area (Å²) in [4.78, 5) is 8.98. The molecule has 0 bridgehead atoms. The molecule has 3 rings (SSSR count). The van der Waals surface area contributed by atoms with Crippen LogP contribution in [0.15, 0.2) is 53.5 Å². The predicted octanol–water partition coefficient (Wildman–Crippen LogP) is 3.82. The molecule has 1 heterocycles. The average Bonchev–Trinajstić information content (AvgIpc) is 2.70. The van der Waals surface area contributed by atoms with Crippen molar-refractivity contribution in [2.75, 3.05) is 40.8 Å². The molecule has 1 N–H and O–H groups in total. The van der Waals surface area contributed by atoms with Gasteiger partial charge in [-0.05, 0) is 43.3 Å². The number of ether oxygens (including phenoxy) is 1. The number of guanidine groups is 1. The van der Waals surface area contributed by atoms with Crippen LogP contribution in [0, 0.1) is 6.92 Å². The van der Waals surface area contributed by atoms with Crippen molar-refractivity contribution < 1.29 is 4.74 Å². The topological polar surface area (TPSA) is 40.1 Å². The molecular formula is C23H33IN4O. The van der Waals surface area contributed by atoms with Crippen molar-refractivity contribution in [2.24, 2.45) is 4.99 Å². The average molecular weight is 508 g/mol. The van der Waals surface area contributed by atoms with E-state index in [4.69, 9.17) is 4.74 Å². The van der Waals surface area contributed by atoms with Crippen LogP contribution in [0.25, 0.3) is 0 Å². The van der Waals surface area contributed by atoms with Gasteiger partial charge in [-0.1, -0.05) is 48.5 Å². The molecule has 1 unspecified atom stereocenters. The van der Waals surface area contributed by atoms with E-state index in [9.17, 15) is 0 Å². The Bertz CT molecular complexity index is 792. The molecule has 0 amide bonds. The van der Waals surface area contributed by atoms with Gasteiger partial charge >= 0.3 is 0 Å². The zero-order chi connectivity index (χ0) is 19.9. The molecule has 29 heavy (non-hydrogen) atoms. The van der Waals surface area contributed by atoms with Gasteiger partial charge in [-0.2, -0.15) is 0 Å². The third-order valence-corrected chi connectivity index (χ3v) is 5.09. The highest BCUT2D eigenvalue weighted by Gasteiger charge is 2.25. The lowest BCUT2D eigenvalue weighted by molar-refractivity contribution is -0.00833. The van der Waals surface area contributed by atoms with E-state index in [1.807, 2.05) is 7.05 Å². The smallest absolute Gasteiger partial charge is 0.194 e. The second-order valence-electron chi connectivity index (χ2n) is 7.62. The van der Waals surface area contributed by atoms with Crippen LogP contribution < -0.4 is 5.32 Å². The summed E-state index contributed by atoms with van der Waals surface area (Å²) in [5.74, 6) is 0.930. The second-order valence-corrected chi connectivity index (χ2v) is 7.62. The van der Waals surface area contributed by atoms with Gasteiger partial charge in [-0.25, -0.2) is 0 Å². The zero-order valence-electron chi connectivity index (χ0n) is 17.9. The lowest BCUT2D eigenvalue weighted by Crippen LogP contribution is -2.48. The number of nitrogens with zero attached hydrogens (tertiary/aromatic N) is 3. The quantitative estimate of drug-likeness (QED) is 0.379. The molecule has 0 spiro atoms. The standard InChI is InChI=1S/C23H32N4O.HI/c1-18-7-5-6-8-21(18)22-17-27(13-14-28-22)23(24-2)25-15-19-9-11-20(12-10-19)16-26(3)4;/h5-12,22H,13-17H2,1-4H3,(H,24,25);1H. The first-order valence-electron chi connectivity index (χ1n) is 9.92. The third kappa shape index (κ3) is 6.69. The van der Waals surface area contributed by atoms with Gasteiger partial charge in [0, 0.05) is 26.7 Å². The Morgan fingerprint density at radius 2 is 1.83 bits per heavy atom. The van der Waals surface area contributed by atoms with E-state index in [0.29, 0.717) is 6.61 Å². The predicted molar refractivity (Wildman–Crippen MR) is 131 cm³/mol. The van der Waals surface area contributed by atoms with E-state index < -0.39 is 0 Å². The monoisotopic (exact) mass is 508 g/mol. The molecular weight excluding hydrogens is 475 g/mol. The lowest BCUT2D eigenvalue weighted by Gasteiger charge is -2.35. The van der Waals surface area contributed by atoms with Gasteiger partial charge in [0.1, 0.15) is 6.10 Å². The van der Waals surface area contributed by atoms with Crippen molar-refractivity contribution in [3.05, 3.63) is 70.8 Å². The number of benzene rings is 2. The maximum Gasteiger partial charge on any atom is 0.194 e. The van der Waals surface area contributed by atoms with Gasteiger partial charge in [-0.15, -0.1) is 24.0 Å². The van der Waals surface area contributed by atoms with Crippen molar-refractivity contribution in [1.29, 1.82) is 0 Å². The maximum absolute atomic E-state index is 6.05. The number of aryl methyl sites for hydroxylation is 1. The summed E-state index contributed by atoms with van der Waals surface area (Å²) in [5, 5.41) is 3.51. The second kappa shape index (κ2) is 11.5. The molecule has 158 valence electrons. The van der Waals surface area contributed by atoms with Crippen LogP contribution in [-0.2, 0) is 17.8 Å². The molecule has 0 aliphatic carbocycles. The number of halogens is 1. The summed E-state index contributed by atoms with van der Waals surface area (Å²) in [6.07, 6.45) is 0.0822. The normalized spacial score (nSPS) is 17.2. The summed E-state index contributed by atoms with van der Waals surface area (Å²) < 4.78 is 6.05. The van der Waals surface area contributed by atoms with Crippen molar-refractivity contribution in [2.45, 2.75) is 26.1 Å². The van der Waals surface area contributed by atoms with Crippen molar-refractivity contribution in [1.82, 2.24) is 15.1 Å². The number of nitrogens with one attached hydrogen (secondary N) is 1. The Hall–Kier alpha value is -1.64. The summed E-state index contributed by atoms with van der Waals surface area (Å²) in [6, 6.07) is 17.2. The molecule has 5 nitrogen and oxygen atoms in total. The van der Waals surface area contributed by atoms with E-state index in [1.165, 1.54) is 22.3 Å². The van der Waals surface area contributed by atoms with Gasteiger partial charge in [0.05, 0.1) is 13.2 Å². The highest BCUT2D eigenvalue weighted by atomic mass is 127. The molecule has 1 fully saturated rings. The van der Waals surface area contributed by atoms with Crippen LogP contribution in [0.2, 0.25) is 0 Å². The Balaban J connectivity index is 0.00000300. The highest BCUT2D eigenvalue weighted by Crippen LogP contribution is 2.25. The van der Waals surface area contributed by atoms with Crippen LogP contribution in [0.3, 0.4) is 0 Å². The Morgan fingerprint density at radius 1 is 1.14 bits per heavy atom. The molecule has 2 aromatic rings. The van der Waals surface area contributed by atoms with E-state index in [1.54, 1.807) is 0 Å². The molecule has 2 aromatic carbocycles. The van der Waals surface area contributed by atoms with Crippen LogP contribution >= 0.6 is 24.0 Å². The first-order chi connectivity index (χ1) is 13.6. The number of aliphatic imine (C=N–C) groups is 1. The van der Waals surface area contributed by atoms with Crippen LogP contribution in [0.4, 0.5) is 0 Å². The highest BCUT2D eigenvalue weighted by molar-refractivity contribution is 14.0. The van der Waals surface area contributed by atoms with Crippen molar-refractivity contribution >= 4 is 29.9 Å². The van der Waals surface area contributed by atoms with E-state index in [-0.39, 0.29) is 30.1 Å². The lowest BCUT2D eigenvalue weighted by atomic mass is 10.0. The van der Waals surface area contributed by atoms with E-state index >= 15 is 0 Å². The molecule has 0 saturated carbocycles. The number of hydrogen-bond donors (Lipinski definition) is 1. The summed E-state index contributed by atoms with van der Waals surface area (Å²) in [6.45, 7) is 6.24. The van der Waals surface area contributed by atoms with E-state index in [0.717, 1.165) is 32.1 Å². The third-order valence-electron chi connectivity index (χ3n) is 5.09. The Kier molecular flexibility index (Phi) is 9.39. The minimum absolute atomic E-state index is 0. The Labute approximate surface area is 192 Å². The molecule has 1 aliphatic rings. The molecule has 1 atom stereocenters. The molecule has 1 aliphatic heterocycles. The van der Waals surface area contributed by atoms with Crippen LogP contribution in [-0.4, -0.2) is 56.6 Å². The largest absolute Gasteiger partial charge is 0.370 e. The summed E-state index contributed by atoms with van der Waals surface area (Å²) in [5.41, 5.74) is 5.12. The van der Waals surface area contributed by atoms with Crippen molar-refractivity contribution in [3.8, 4) is 0 Å². The maximum atomic E-state index is 6.05. The first-order valence-corrected chi connectivity index (χ1v) is 9.92. The fraction of sp³-hybridized carbons (Fsp3) is 0.435. The van der Waals surface area contributed by atoms with E-state index in [2.05, 4.69) is 89.7 Å². The number of rotatable bonds is 5. The Morgan fingerprint density at radius 3 is 2.48 bits per heavy atom. The van der Waals surface area contributed by atoms with Gasteiger partial charge in [0.2, 0.25) is 0 Å². The summed E-state index contributed by atoms with van der Waals surface area (Å²) in [7, 11) is 6.03. The summed E-state index contributed by atoms with van der Waals surface area (Å²) >= 11 is 0. The minimum Gasteiger partial charge on any atom is -0.370 e. The van der Waals surface area contributed by atoms with Gasteiger partial charge in [0.15, 0.2) is 5.96 Å². The fourth-order valence-corrected chi connectivity index (χ4v) is 3.62. The van der Waals surface area contributed by atoms with Gasteiger partial charge in [-0.3, -0.25) is 4.99 Å². The molecule has 0 aromatic heterocycles. The minimum atomic E-state index is 0. The van der Waals surface area contributed by atoms with Crippen molar-refractivity contribution in [3.63, 3.8) is 0 Å². The fourth-order valence-electron chi connectivity index (χ4n) is 3.62. The van der Waals surface area contributed by atoms with Gasteiger partial charge in [0.25, 0.3) is 0 Å².